The van der Waals surface area contributed by atoms with Gasteiger partial charge in [-0.3, -0.25) is 4.79 Å². The third kappa shape index (κ3) is 4.79. The van der Waals surface area contributed by atoms with Crippen LogP contribution in [0.25, 0.3) is 0 Å². The van der Waals surface area contributed by atoms with Gasteiger partial charge >= 0.3 is 0 Å². The summed E-state index contributed by atoms with van der Waals surface area (Å²) in [5, 5.41) is 5.92. The van der Waals surface area contributed by atoms with Gasteiger partial charge in [0.15, 0.2) is 0 Å². The van der Waals surface area contributed by atoms with Crippen molar-refractivity contribution >= 4 is 33.2 Å². The Morgan fingerprint density at radius 2 is 2.00 bits per heavy atom. The van der Waals surface area contributed by atoms with E-state index in [2.05, 4.69) is 26.6 Å². The average Bonchev–Trinajstić information content (AvgIpc) is 2.44. The zero-order valence-corrected chi connectivity index (χ0v) is 13.5. The van der Waals surface area contributed by atoms with Crippen molar-refractivity contribution in [2.45, 2.75) is 6.92 Å². The second kappa shape index (κ2) is 7.13. The van der Waals surface area contributed by atoms with E-state index < -0.39 is 0 Å². The molecule has 2 rings (SSSR count). The summed E-state index contributed by atoms with van der Waals surface area (Å²) in [6, 6.07) is 13.2. The summed E-state index contributed by atoms with van der Waals surface area (Å²) in [5.74, 6) is 0.601. The normalized spacial score (nSPS) is 10.0. The third-order valence-corrected chi connectivity index (χ3v) is 3.31. The number of halogens is 1. The minimum atomic E-state index is -0.110. The van der Waals surface area contributed by atoms with Crippen LogP contribution in [0.5, 0.6) is 5.75 Å². The van der Waals surface area contributed by atoms with Gasteiger partial charge in [-0.05, 0) is 42.8 Å². The number of amides is 1. The monoisotopic (exact) mass is 348 g/mol. The van der Waals surface area contributed by atoms with Crippen LogP contribution in [0.4, 0.5) is 11.4 Å². The van der Waals surface area contributed by atoms with E-state index in [0.29, 0.717) is 11.4 Å². The molecule has 0 aliphatic heterocycles. The van der Waals surface area contributed by atoms with Gasteiger partial charge in [0.2, 0.25) is 5.91 Å². The molecular formula is C16H17BrN2O2. The first-order valence-electron chi connectivity index (χ1n) is 6.52. The third-order valence-electron chi connectivity index (χ3n) is 2.85. The van der Waals surface area contributed by atoms with Gasteiger partial charge in [0.25, 0.3) is 0 Å². The van der Waals surface area contributed by atoms with E-state index in [0.717, 1.165) is 15.7 Å². The number of methoxy groups -OCH3 is 1. The SMILES string of the molecule is COc1cccc(NC(=O)CNc2cc(C)cc(Br)c2)c1. The van der Waals surface area contributed by atoms with E-state index in [4.69, 9.17) is 4.74 Å². The van der Waals surface area contributed by atoms with Gasteiger partial charge in [-0.15, -0.1) is 0 Å². The molecule has 0 saturated heterocycles. The zero-order valence-electron chi connectivity index (χ0n) is 11.9. The number of anilines is 2. The molecule has 0 bridgehead atoms. The molecular weight excluding hydrogens is 332 g/mol. The number of carbonyl (C=O) groups is 1. The highest BCUT2D eigenvalue weighted by Gasteiger charge is 2.04. The molecule has 21 heavy (non-hydrogen) atoms. The predicted octanol–water partition coefficient (Wildman–Crippen LogP) is 3.82. The van der Waals surface area contributed by atoms with Crippen molar-refractivity contribution < 1.29 is 9.53 Å². The van der Waals surface area contributed by atoms with Crippen molar-refractivity contribution in [3.63, 3.8) is 0 Å². The molecule has 0 atom stereocenters. The van der Waals surface area contributed by atoms with E-state index in [1.807, 2.05) is 43.3 Å². The van der Waals surface area contributed by atoms with Gasteiger partial charge in [-0.25, -0.2) is 0 Å². The predicted molar refractivity (Wildman–Crippen MR) is 89.0 cm³/mol. The molecule has 0 spiro atoms. The van der Waals surface area contributed by atoms with Crippen LogP contribution in [0.15, 0.2) is 46.9 Å². The minimum Gasteiger partial charge on any atom is -0.497 e. The second-order valence-corrected chi connectivity index (χ2v) is 5.57. The van der Waals surface area contributed by atoms with E-state index in [9.17, 15) is 4.79 Å². The summed E-state index contributed by atoms with van der Waals surface area (Å²) in [5.41, 5.74) is 2.74. The van der Waals surface area contributed by atoms with Crippen LogP contribution >= 0.6 is 15.9 Å². The summed E-state index contributed by atoms with van der Waals surface area (Å²) < 4.78 is 6.10. The highest BCUT2D eigenvalue weighted by molar-refractivity contribution is 9.10. The smallest absolute Gasteiger partial charge is 0.243 e. The highest BCUT2D eigenvalue weighted by atomic mass is 79.9. The number of rotatable bonds is 5. The lowest BCUT2D eigenvalue weighted by atomic mass is 10.2. The molecule has 5 heteroatoms. The topological polar surface area (TPSA) is 50.4 Å². The zero-order chi connectivity index (χ0) is 15.2. The number of ether oxygens (including phenoxy) is 1. The van der Waals surface area contributed by atoms with Crippen LogP contribution in [0, 0.1) is 6.92 Å². The van der Waals surface area contributed by atoms with Crippen LogP contribution in [0.2, 0.25) is 0 Å². The van der Waals surface area contributed by atoms with Gasteiger partial charge < -0.3 is 15.4 Å². The van der Waals surface area contributed by atoms with Gasteiger partial charge in [-0.1, -0.05) is 22.0 Å². The second-order valence-electron chi connectivity index (χ2n) is 4.65. The molecule has 0 fully saturated rings. The summed E-state index contributed by atoms with van der Waals surface area (Å²) in [6.45, 7) is 2.21. The van der Waals surface area contributed by atoms with Crippen molar-refractivity contribution in [1.29, 1.82) is 0 Å². The van der Waals surface area contributed by atoms with Gasteiger partial charge in [0.05, 0.1) is 13.7 Å². The fraction of sp³-hybridized carbons (Fsp3) is 0.188. The Morgan fingerprint density at radius 1 is 1.19 bits per heavy atom. The quantitative estimate of drug-likeness (QED) is 0.863. The van der Waals surface area contributed by atoms with E-state index in [-0.39, 0.29) is 12.5 Å². The molecule has 0 radical (unpaired) electrons. The molecule has 0 saturated carbocycles. The summed E-state index contributed by atoms with van der Waals surface area (Å²) in [4.78, 5) is 11.9. The standard InChI is InChI=1S/C16H17BrN2O2/c1-11-6-12(17)8-14(7-11)18-10-16(20)19-13-4-3-5-15(9-13)21-2/h3-9,18H,10H2,1-2H3,(H,19,20). The van der Waals surface area contributed by atoms with Gasteiger partial charge in [0.1, 0.15) is 5.75 Å². The molecule has 0 aliphatic carbocycles. The molecule has 0 heterocycles. The number of carbonyl (C=O) groups excluding carboxylic acids is 1. The van der Waals surface area contributed by atoms with E-state index in [1.165, 1.54) is 0 Å². The molecule has 2 N–H and O–H groups in total. The Labute approximate surface area is 132 Å². The van der Waals surface area contributed by atoms with E-state index >= 15 is 0 Å². The van der Waals surface area contributed by atoms with Crippen LogP contribution in [-0.4, -0.2) is 19.6 Å². The summed E-state index contributed by atoms with van der Waals surface area (Å²) in [6.07, 6.45) is 0. The van der Waals surface area contributed by atoms with Gasteiger partial charge in [-0.2, -0.15) is 0 Å². The largest absolute Gasteiger partial charge is 0.497 e. The Morgan fingerprint density at radius 3 is 2.71 bits per heavy atom. The fourth-order valence-electron chi connectivity index (χ4n) is 1.93. The summed E-state index contributed by atoms with van der Waals surface area (Å²) >= 11 is 3.44. The van der Waals surface area contributed by atoms with Gasteiger partial charge in [0, 0.05) is 21.9 Å². The van der Waals surface area contributed by atoms with E-state index in [1.54, 1.807) is 13.2 Å². The number of benzene rings is 2. The Hall–Kier alpha value is -2.01. The number of nitrogens with one attached hydrogen (secondary N) is 2. The molecule has 2 aromatic rings. The maximum atomic E-state index is 11.9. The maximum Gasteiger partial charge on any atom is 0.243 e. The van der Waals surface area contributed by atoms with Crippen LogP contribution in [0.1, 0.15) is 5.56 Å². The van der Waals surface area contributed by atoms with Crippen LogP contribution < -0.4 is 15.4 Å². The lowest BCUT2D eigenvalue weighted by Crippen LogP contribution is -2.21. The van der Waals surface area contributed by atoms with Crippen molar-refractivity contribution in [2.24, 2.45) is 0 Å². The number of hydrogen-bond acceptors (Lipinski definition) is 3. The molecule has 0 aliphatic rings. The molecule has 110 valence electrons. The Kier molecular flexibility index (Phi) is 5.22. The first kappa shape index (κ1) is 15.4. The fourth-order valence-corrected chi connectivity index (χ4v) is 2.53. The molecule has 1 amide bonds. The Bertz CT molecular complexity index is 624. The lowest BCUT2D eigenvalue weighted by Gasteiger charge is -2.10. The Balaban J connectivity index is 1.92. The van der Waals surface area contributed by atoms with Crippen molar-refractivity contribution in [3.8, 4) is 5.75 Å². The maximum absolute atomic E-state index is 11.9. The minimum absolute atomic E-state index is 0.110. The number of hydrogen-bond donors (Lipinski definition) is 2. The highest BCUT2D eigenvalue weighted by Crippen LogP contribution is 2.19. The van der Waals surface area contributed by atoms with Crippen molar-refractivity contribution in [3.05, 3.63) is 52.5 Å². The molecule has 4 nitrogen and oxygen atoms in total. The van der Waals surface area contributed by atoms with Crippen molar-refractivity contribution in [1.82, 2.24) is 0 Å². The average molecular weight is 349 g/mol. The number of aryl methyl sites for hydroxylation is 1. The first-order chi connectivity index (χ1) is 10.1. The van der Waals surface area contributed by atoms with Crippen molar-refractivity contribution in [2.75, 3.05) is 24.3 Å². The lowest BCUT2D eigenvalue weighted by molar-refractivity contribution is -0.114. The molecule has 0 aromatic heterocycles. The molecule has 0 unspecified atom stereocenters. The first-order valence-corrected chi connectivity index (χ1v) is 7.31. The van der Waals surface area contributed by atoms with Crippen LogP contribution in [0.3, 0.4) is 0 Å². The van der Waals surface area contributed by atoms with Crippen LogP contribution in [-0.2, 0) is 4.79 Å². The summed E-state index contributed by atoms with van der Waals surface area (Å²) in [7, 11) is 1.60. The molecule has 2 aromatic carbocycles.